The maximum absolute atomic E-state index is 12.6. The Bertz CT molecular complexity index is 649. The zero-order valence-electron chi connectivity index (χ0n) is 13.4. The van der Waals surface area contributed by atoms with Crippen molar-refractivity contribution in [1.29, 1.82) is 0 Å². The van der Waals surface area contributed by atoms with Gasteiger partial charge in [-0.05, 0) is 57.0 Å². The van der Waals surface area contributed by atoms with E-state index in [-0.39, 0.29) is 5.91 Å². The van der Waals surface area contributed by atoms with Crippen LogP contribution in [-0.2, 0) is 0 Å². The van der Waals surface area contributed by atoms with Gasteiger partial charge in [-0.3, -0.25) is 4.79 Å². The maximum atomic E-state index is 12.6. The van der Waals surface area contributed by atoms with Gasteiger partial charge in [0.1, 0.15) is 0 Å². The van der Waals surface area contributed by atoms with Crippen molar-refractivity contribution in [2.45, 2.75) is 39.5 Å². The zero-order chi connectivity index (χ0) is 15.5. The van der Waals surface area contributed by atoms with Crippen LogP contribution in [0, 0.1) is 13.8 Å². The molecule has 1 aromatic heterocycles. The van der Waals surface area contributed by atoms with E-state index in [0.29, 0.717) is 0 Å². The molecule has 1 aliphatic heterocycles. The Morgan fingerprint density at radius 2 is 1.64 bits per heavy atom. The third-order valence-corrected chi connectivity index (χ3v) is 4.26. The number of aromatic nitrogens is 2. The summed E-state index contributed by atoms with van der Waals surface area (Å²) < 4.78 is 1.91. The summed E-state index contributed by atoms with van der Waals surface area (Å²) in [4.78, 5) is 14.6. The molecule has 0 aliphatic carbocycles. The predicted molar refractivity (Wildman–Crippen MR) is 87.4 cm³/mol. The molecule has 0 bridgehead atoms. The van der Waals surface area contributed by atoms with Crippen LogP contribution in [-0.4, -0.2) is 33.7 Å². The van der Waals surface area contributed by atoms with Gasteiger partial charge in [0.25, 0.3) is 5.91 Å². The third kappa shape index (κ3) is 3.06. The van der Waals surface area contributed by atoms with Crippen molar-refractivity contribution in [3.8, 4) is 5.69 Å². The van der Waals surface area contributed by atoms with Gasteiger partial charge in [-0.25, -0.2) is 4.68 Å². The van der Waals surface area contributed by atoms with E-state index in [0.717, 1.165) is 48.6 Å². The highest BCUT2D eigenvalue weighted by Crippen LogP contribution is 2.16. The predicted octanol–water partition coefficient (Wildman–Crippen LogP) is 3.51. The van der Waals surface area contributed by atoms with Crippen LogP contribution in [0.3, 0.4) is 0 Å². The lowest BCUT2D eigenvalue weighted by Gasteiger charge is -2.20. The zero-order valence-corrected chi connectivity index (χ0v) is 13.4. The lowest BCUT2D eigenvalue weighted by atomic mass is 10.1. The molecule has 0 saturated carbocycles. The molecule has 4 heteroatoms. The second-order valence-corrected chi connectivity index (χ2v) is 6.09. The molecule has 0 unspecified atom stereocenters. The SMILES string of the molecule is Cc1cc(C)n(-c2ccc(C(=O)N3CCCCCC3)cc2)n1. The number of carbonyl (C=O) groups excluding carboxylic acids is 1. The van der Waals surface area contributed by atoms with Crippen molar-refractivity contribution >= 4 is 5.91 Å². The highest BCUT2D eigenvalue weighted by Gasteiger charge is 2.17. The monoisotopic (exact) mass is 297 g/mol. The van der Waals surface area contributed by atoms with Crippen molar-refractivity contribution in [2.75, 3.05) is 13.1 Å². The second-order valence-electron chi connectivity index (χ2n) is 6.09. The van der Waals surface area contributed by atoms with Gasteiger partial charge >= 0.3 is 0 Å². The largest absolute Gasteiger partial charge is 0.339 e. The smallest absolute Gasteiger partial charge is 0.253 e. The van der Waals surface area contributed by atoms with Crippen molar-refractivity contribution in [2.24, 2.45) is 0 Å². The van der Waals surface area contributed by atoms with Gasteiger partial charge in [0.2, 0.25) is 0 Å². The number of carbonyl (C=O) groups is 1. The minimum absolute atomic E-state index is 0.154. The third-order valence-electron chi connectivity index (χ3n) is 4.26. The molecule has 1 amide bonds. The van der Waals surface area contributed by atoms with Crippen LogP contribution in [0.25, 0.3) is 5.69 Å². The number of rotatable bonds is 2. The van der Waals surface area contributed by atoms with E-state index in [2.05, 4.69) is 11.2 Å². The number of hydrogen-bond donors (Lipinski definition) is 0. The molecule has 4 nitrogen and oxygen atoms in total. The maximum Gasteiger partial charge on any atom is 0.253 e. The number of amides is 1. The molecule has 0 N–H and O–H groups in total. The summed E-state index contributed by atoms with van der Waals surface area (Å²) in [7, 11) is 0. The number of aryl methyl sites for hydroxylation is 2. The summed E-state index contributed by atoms with van der Waals surface area (Å²) in [6, 6.07) is 9.84. The molecule has 1 aromatic carbocycles. The van der Waals surface area contributed by atoms with E-state index in [4.69, 9.17) is 0 Å². The van der Waals surface area contributed by atoms with Gasteiger partial charge in [0.05, 0.1) is 11.4 Å². The van der Waals surface area contributed by atoms with Crippen molar-refractivity contribution < 1.29 is 4.79 Å². The van der Waals surface area contributed by atoms with Crippen LogP contribution >= 0.6 is 0 Å². The summed E-state index contributed by atoms with van der Waals surface area (Å²) in [5, 5.41) is 4.48. The fourth-order valence-electron chi connectivity index (χ4n) is 3.09. The van der Waals surface area contributed by atoms with Crippen LogP contribution in [0.15, 0.2) is 30.3 Å². The van der Waals surface area contributed by atoms with E-state index < -0.39 is 0 Å². The quantitative estimate of drug-likeness (QED) is 0.851. The van der Waals surface area contributed by atoms with Crippen LogP contribution in [0.2, 0.25) is 0 Å². The van der Waals surface area contributed by atoms with Crippen LogP contribution in [0.4, 0.5) is 0 Å². The summed E-state index contributed by atoms with van der Waals surface area (Å²) in [5.74, 6) is 0.154. The molecule has 1 aliphatic rings. The first-order valence-electron chi connectivity index (χ1n) is 8.08. The molecule has 0 atom stereocenters. The van der Waals surface area contributed by atoms with E-state index in [1.54, 1.807) is 0 Å². The summed E-state index contributed by atoms with van der Waals surface area (Å²) in [5.41, 5.74) is 3.87. The van der Waals surface area contributed by atoms with E-state index in [1.165, 1.54) is 12.8 Å². The first kappa shape index (κ1) is 14.8. The fraction of sp³-hybridized carbons (Fsp3) is 0.444. The molecule has 0 spiro atoms. The van der Waals surface area contributed by atoms with Crippen molar-refractivity contribution in [3.05, 3.63) is 47.3 Å². The van der Waals surface area contributed by atoms with Gasteiger partial charge in [-0.2, -0.15) is 5.10 Å². The minimum atomic E-state index is 0.154. The molecular weight excluding hydrogens is 274 g/mol. The molecule has 22 heavy (non-hydrogen) atoms. The Kier molecular flexibility index (Phi) is 4.27. The molecule has 0 radical (unpaired) electrons. The van der Waals surface area contributed by atoms with E-state index in [9.17, 15) is 4.79 Å². The summed E-state index contributed by atoms with van der Waals surface area (Å²) in [6.45, 7) is 5.80. The lowest BCUT2D eigenvalue weighted by Crippen LogP contribution is -2.31. The van der Waals surface area contributed by atoms with Crippen molar-refractivity contribution in [3.63, 3.8) is 0 Å². The summed E-state index contributed by atoms with van der Waals surface area (Å²) >= 11 is 0. The normalized spacial score (nSPS) is 15.6. The molecule has 116 valence electrons. The average Bonchev–Trinajstić information content (AvgIpc) is 2.73. The van der Waals surface area contributed by atoms with Gasteiger partial charge in [-0.15, -0.1) is 0 Å². The highest BCUT2D eigenvalue weighted by molar-refractivity contribution is 5.94. The molecule has 1 fully saturated rings. The average molecular weight is 297 g/mol. The molecule has 1 saturated heterocycles. The Labute approximate surface area is 131 Å². The number of hydrogen-bond acceptors (Lipinski definition) is 2. The number of likely N-dealkylation sites (tertiary alicyclic amines) is 1. The molecule has 3 rings (SSSR count). The van der Waals surface area contributed by atoms with Gasteiger partial charge in [-0.1, -0.05) is 12.8 Å². The lowest BCUT2D eigenvalue weighted by molar-refractivity contribution is 0.0761. The van der Waals surface area contributed by atoms with Gasteiger partial charge < -0.3 is 4.90 Å². The minimum Gasteiger partial charge on any atom is -0.339 e. The first-order chi connectivity index (χ1) is 10.6. The van der Waals surface area contributed by atoms with E-state index in [1.807, 2.05) is 47.7 Å². The Morgan fingerprint density at radius 1 is 1.00 bits per heavy atom. The first-order valence-corrected chi connectivity index (χ1v) is 8.08. The Morgan fingerprint density at radius 3 is 2.18 bits per heavy atom. The number of nitrogens with zero attached hydrogens (tertiary/aromatic N) is 3. The molecule has 2 aromatic rings. The Hall–Kier alpha value is -2.10. The standard InChI is InChI=1S/C18H23N3O/c1-14-13-15(2)21(19-14)17-9-7-16(8-10-17)18(22)20-11-5-3-4-6-12-20/h7-10,13H,3-6,11-12H2,1-2H3. The van der Waals surface area contributed by atoms with Crippen LogP contribution < -0.4 is 0 Å². The molecular formula is C18H23N3O. The van der Waals surface area contributed by atoms with Gasteiger partial charge in [0.15, 0.2) is 0 Å². The van der Waals surface area contributed by atoms with Crippen molar-refractivity contribution in [1.82, 2.24) is 14.7 Å². The number of benzene rings is 1. The summed E-state index contributed by atoms with van der Waals surface area (Å²) in [6.07, 6.45) is 4.71. The molecule has 2 heterocycles. The van der Waals surface area contributed by atoms with Crippen LogP contribution in [0.5, 0.6) is 0 Å². The highest BCUT2D eigenvalue weighted by atomic mass is 16.2. The van der Waals surface area contributed by atoms with Gasteiger partial charge in [0, 0.05) is 24.3 Å². The fourth-order valence-corrected chi connectivity index (χ4v) is 3.09. The van der Waals surface area contributed by atoms with Crippen LogP contribution in [0.1, 0.15) is 47.4 Å². The second kappa shape index (κ2) is 6.34. The Balaban J connectivity index is 1.78. The topological polar surface area (TPSA) is 38.1 Å². The van der Waals surface area contributed by atoms with E-state index >= 15 is 0 Å².